The van der Waals surface area contributed by atoms with Crippen LogP contribution in [0.1, 0.15) is 26.2 Å². The summed E-state index contributed by atoms with van der Waals surface area (Å²) in [6, 6.07) is 2.11. The Kier molecular flexibility index (Phi) is 5.77. The Labute approximate surface area is 113 Å². The molecule has 6 nitrogen and oxygen atoms in total. The smallest absolute Gasteiger partial charge is 0.243 e. The van der Waals surface area contributed by atoms with Gasteiger partial charge in [0, 0.05) is 26.8 Å². The third-order valence-corrected chi connectivity index (χ3v) is 3.27. The standard InChI is InChI=1S/C13H21N3O3/c1-3-6-15-11(17)9-16(2)12(18)13(10-14)4-7-19-8-5-13/h3-9H2,1-2H3,(H,15,17). The van der Waals surface area contributed by atoms with Crippen LogP contribution in [0, 0.1) is 16.7 Å². The maximum Gasteiger partial charge on any atom is 0.243 e. The zero-order valence-electron chi connectivity index (χ0n) is 11.6. The second-order valence-electron chi connectivity index (χ2n) is 4.82. The zero-order chi connectivity index (χ0) is 14.3. The average Bonchev–Trinajstić information content (AvgIpc) is 2.44. The first-order chi connectivity index (χ1) is 9.05. The number of nitrogens with zero attached hydrogens (tertiary/aromatic N) is 2. The molecule has 0 atom stereocenters. The van der Waals surface area contributed by atoms with Crippen molar-refractivity contribution in [3.05, 3.63) is 0 Å². The summed E-state index contributed by atoms with van der Waals surface area (Å²) in [4.78, 5) is 25.2. The Hall–Kier alpha value is -1.61. The van der Waals surface area contributed by atoms with Crippen LogP contribution in [0.4, 0.5) is 0 Å². The number of carbonyl (C=O) groups excluding carboxylic acids is 2. The molecule has 0 bridgehead atoms. The van der Waals surface area contributed by atoms with Crippen molar-refractivity contribution in [2.45, 2.75) is 26.2 Å². The molecule has 1 rings (SSSR count). The van der Waals surface area contributed by atoms with Crippen molar-refractivity contribution in [2.24, 2.45) is 5.41 Å². The highest BCUT2D eigenvalue weighted by Gasteiger charge is 2.42. The molecular formula is C13H21N3O3. The van der Waals surface area contributed by atoms with Gasteiger partial charge in [-0.25, -0.2) is 0 Å². The van der Waals surface area contributed by atoms with E-state index in [4.69, 9.17) is 4.74 Å². The average molecular weight is 267 g/mol. The van der Waals surface area contributed by atoms with Crippen LogP contribution in [-0.2, 0) is 14.3 Å². The highest BCUT2D eigenvalue weighted by molar-refractivity contribution is 5.89. The summed E-state index contributed by atoms with van der Waals surface area (Å²) in [7, 11) is 1.56. The minimum Gasteiger partial charge on any atom is -0.381 e. The van der Waals surface area contributed by atoms with Gasteiger partial charge in [0.1, 0.15) is 5.41 Å². The summed E-state index contributed by atoms with van der Waals surface area (Å²) >= 11 is 0. The van der Waals surface area contributed by atoms with Gasteiger partial charge in [0.2, 0.25) is 11.8 Å². The lowest BCUT2D eigenvalue weighted by molar-refractivity contribution is -0.144. The number of ether oxygens (including phenoxy) is 1. The largest absolute Gasteiger partial charge is 0.381 e. The fourth-order valence-corrected chi connectivity index (χ4v) is 2.07. The summed E-state index contributed by atoms with van der Waals surface area (Å²) in [6.45, 7) is 3.37. The third kappa shape index (κ3) is 3.93. The van der Waals surface area contributed by atoms with Crippen LogP contribution in [-0.4, -0.2) is 50.1 Å². The summed E-state index contributed by atoms with van der Waals surface area (Å²) < 4.78 is 5.19. The van der Waals surface area contributed by atoms with Gasteiger partial charge in [0.25, 0.3) is 0 Å². The van der Waals surface area contributed by atoms with Crippen molar-refractivity contribution >= 4 is 11.8 Å². The van der Waals surface area contributed by atoms with Gasteiger partial charge in [-0.3, -0.25) is 9.59 Å². The van der Waals surface area contributed by atoms with E-state index >= 15 is 0 Å². The Morgan fingerprint density at radius 3 is 2.58 bits per heavy atom. The van der Waals surface area contributed by atoms with Crippen LogP contribution >= 0.6 is 0 Å². The summed E-state index contributed by atoms with van der Waals surface area (Å²) in [5.41, 5.74) is -1.03. The fourth-order valence-electron chi connectivity index (χ4n) is 2.07. The van der Waals surface area contributed by atoms with Gasteiger partial charge < -0.3 is 15.0 Å². The van der Waals surface area contributed by atoms with Gasteiger partial charge >= 0.3 is 0 Å². The number of nitrogens with one attached hydrogen (secondary N) is 1. The number of hydrogen-bond acceptors (Lipinski definition) is 4. The summed E-state index contributed by atoms with van der Waals surface area (Å²) in [5.74, 6) is -0.484. The van der Waals surface area contributed by atoms with E-state index in [9.17, 15) is 14.9 Å². The number of rotatable bonds is 5. The molecule has 1 fully saturated rings. The molecule has 1 N–H and O–H groups in total. The lowest BCUT2D eigenvalue weighted by atomic mass is 9.80. The fraction of sp³-hybridized carbons (Fsp3) is 0.769. The van der Waals surface area contributed by atoms with E-state index in [0.717, 1.165) is 6.42 Å². The van der Waals surface area contributed by atoms with Crippen LogP contribution in [0.15, 0.2) is 0 Å². The number of likely N-dealkylation sites (N-methyl/N-ethyl adjacent to an activating group) is 1. The van der Waals surface area contributed by atoms with E-state index in [2.05, 4.69) is 11.4 Å². The summed E-state index contributed by atoms with van der Waals surface area (Å²) in [5, 5.41) is 12.0. The maximum atomic E-state index is 12.3. The highest BCUT2D eigenvalue weighted by atomic mass is 16.5. The van der Waals surface area contributed by atoms with Gasteiger partial charge in [0.15, 0.2) is 0 Å². The topological polar surface area (TPSA) is 82.4 Å². The molecule has 1 saturated heterocycles. The van der Waals surface area contributed by atoms with Crippen LogP contribution < -0.4 is 5.32 Å². The van der Waals surface area contributed by atoms with Crippen LogP contribution in [0.5, 0.6) is 0 Å². The minimum absolute atomic E-state index is 0.0108. The molecule has 2 amide bonds. The van der Waals surface area contributed by atoms with E-state index < -0.39 is 5.41 Å². The molecule has 0 aromatic rings. The lowest BCUT2D eigenvalue weighted by Gasteiger charge is -2.32. The molecule has 6 heteroatoms. The normalized spacial score (nSPS) is 17.3. The first-order valence-electron chi connectivity index (χ1n) is 6.57. The van der Waals surface area contributed by atoms with Gasteiger partial charge in [-0.05, 0) is 19.3 Å². The predicted octanol–water partition coefficient (Wildman–Crippen LogP) is 0.291. The molecule has 0 unspecified atom stereocenters. The predicted molar refractivity (Wildman–Crippen MR) is 69.0 cm³/mol. The molecule has 1 heterocycles. The van der Waals surface area contributed by atoms with Gasteiger partial charge in [-0.15, -0.1) is 0 Å². The van der Waals surface area contributed by atoms with Gasteiger partial charge in [-0.2, -0.15) is 5.26 Å². The number of nitriles is 1. The van der Waals surface area contributed by atoms with Gasteiger partial charge in [-0.1, -0.05) is 6.92 Å². The van der Waals surface area contributed by atoms with Gasteiger partial charge in [0.05, 0.1) is 12.6 Å². The van der Waals surface area contributed by atoms with Crippen molar-refractivity contribution < 1.29 is 14.3 Å². The third-order valence-electron chi connectivity index (χ3n) is 3.27. The molecule has 0 aromatic carbocycles. The van der Waals surface area contributed by atoms with E-state index in [-0.39, 0.29) is 18.4 Å². The van der Waals surface area contributed by atoms with Crippen LogP contribution in [0.2, 0.25) is 0 Å². The first-order valence-corrected chi connectivity index (χ1v) is 6.57. The van der Waals surface area contributed by atoms with Crippen molar-refractivity contribution in [1.29, 1.82) is 5.26 Å². The SMILES string of the molecule is CCCNC(=O)CN(C)C(=O)C1(C#N)CCOCC1. The molecule has 1 aliphatic heterocycles. The minimum atomic E-state index is -1.03. The summed E-state index contributed by atoms with van der Waals surface area (Å²) in [6.07, 6.45) is 1.63. The van der Waals surface area contributed by atoms with E-state index in [0.29, 0.717) is 32.6 Å². The quantitative estimate of drug-likeness (QED) is 0.776. The molecule has 0 aromatic heterocycles. The molecule has 1 aliphatic rings. The van der Waals surface area contributed by atoms with E-state index in [1.165, 1.54) is 4.90 Å². The molecule has 0 radical (unpaired) electrons. The number of carbonyl (C=O) groups is 2. The molecular weight excluding hydrogens is 246 g/mol. The zero-order valence-corrected chi connectivity index (χ0v) is 11.6. The van der Waals surface area contributed by atoms with Crippen molar-refractivity contribution in [1.82, 2.24) is 10.2 Å². The Bertz CT molecular complexity index is 370. The first kappa shape index (κ1) is 15.4. The maximum absolute atomic E-state index is 12.3. The van der Waals surface area contributed by atoms with Crippen LogP contribution in [0.3, 0.4) is 0 Å². The van der Waals surface area contributed by atoms with Crippen molar-refractivity contribution in [3.63, 3.8) is 0 Å². The number of amides is 2. The highest BCUT2D eigenvalue weighted by Crippen LogP contribution is 2.31. The monoisotopic (exact) mass is 267 g/mol. The van der Waals surface area contributed by atoms with E-state index in [1.54, 1.807) is 7.05 Å². The molecule has 106 valence electrons. The molecule has 19 heavy (non-hydrogen) atoms. The van der Waals surface area contributed by atoms with Crippen molar-refractivity contribution in [2.75, 3.05) is 33.4 Å². The van der Waals surface area contributed by atoms with Crippen LogP contribution in [0.25, 0.3) is 0 Å². The number of hydrogen-bond donors (Lipinski definition) is 1. The Morgan fingerprint density at radius 2 is 2.05 bits per heavy atom. The van der Waals surface area contributed by atoms with E-state index in [1.807, 2.05) is 6.92 Å². The Morgan fingerprint density at radius 1 is 1.42 bits per heavy atom. The lowest BCUT2D eigenvalue weighted by Crippen LogP contribution is -2.47. The molecule has 0 spiro atoms. The Balaban J connectivity index is 2.60. The van der Waals surface area contributed by atoms with Crippen molar-refractivity contribution in [3.8, 4) is 6.07 Å². The molecule has 0 saturated carbocycles. The second-order valence-corrected chi connectivity index (χ2v) is 4.82. The second kappa shape index (κ2) is 7.10. The molecule has 0 aliphatic carbocycles.